The van der Waals surface area contributed by atoms with Crippen molar-refractivity contribution in [3.8, 4) is 16.6 Å². The first kappa shape index (κ1) is 23.0. The fourth-order valence-corrected chi connectivity index (χ4v) is 5.19. The van der Waals surface area contributed by atoms with Gasteiger partial charge >= 0.3 is 0 Å². The summed E-state index contributed by atoms with van der Waals surface area (Å²) < 4.78 is 1.88. The molecule has 2 aromatic carbocycles. The van der Waals surface area contributed by atoms with Gasteiger partial charge in [-0.3, -0.25) is 14.4 Å². The van der Waals surface area contributed by atoms with Crippen molar-refractivity contribution in [3.05, 3.63) is 101 Å². The summed E-state index contributed by atoms with van der Waals surface area (Å²) in [4.78, 5) is 19.1. The first-order chi connectivity index (χ1) is 17.2. The molecule has 3 heterocycles. The normalized spacial score (nSPS) is 14.4. The molecular weight excluding hydrogens is 454 g/mol. The van der Waals surface area contributed by atoms with Crippen LogP contribution in [0.1, 0.15) is 33.5 Å². The van der Waals surface area contributed by atoms with E-state index < -0.39 is 0 Å². The Balaban J connectivity index is 1.31. The number of benzene rings is 2. The Hall–Kier alpha value is -3.73. The number of thiophene rings is 1. The lowest BCUT2D eigenvalue weighted by molar-refractivity contribution is 0.0762. The van der Waals surface area contributed by atoms with E-state index in [-0.39, 0.29) is 5.91 Å². The zero-order valence-electron chi connectivity index (χ0n) is 19.5. The maximum atomic E-state index is 13.7. The van der Waals surface area contributed by atoms with Gasteiger partial charge in [0.25, 0.3) is 5.91 Å². The van der Waals surface area contributed by atoms with Crippen molar-refractivity contribution >= 4 is 17.2 Å². The van der Waals surface area contributed by atoms with Crippen LogP contribution in [0.2, 0.25) is 0 Å². The van der Waals surface area contributed by atoms with Crippen molar-refractivity contribution in [3.63, 3.8) is 0 Å². The number of hydrogen-bond acceptors (Lipinski definition) is 5. The Labute approximate surface area is 209 Å². The molecule has 1 saturated heterocycles. The highest BCUT2D eigenvalue weighted by Crippen LogP contribution is 2.28. The summed E-state index contributed by atoms with van der Waals surface area (Å²) in [7, 11) is 0. The third kappa shape index (κ3) is 5.51. The quantitative estimate of drug-likeness (QED) is 0.394. The van der Waals surface area contributed by atoms with Crippen molar-refractivity contribution < 1.29 is 4.79 Å². The molecule has 4 aromatic rings. The molecule has 1 fully saturated rings. The van der Waals surface area contributed by atoms with E-state index in [2.05, 4.69) is 23.1 Å². The third-order valence-electron chi connectivity index (χ3n) is 6.30. The van der Waals surface area contributed by atoms with Gasteiger partial charge in [0.2, 0.25) is 0 Å². The monoisotopic (exact) mass is 481 g/mol. The Morgan fingerprint density at radius 2 is 1.71 bits per heavy atom. The molecule has 1 amide bonds. The first-order valence-corrected chi connectivity index (χ1v) is 12.7. The minimum atomic E-state index is 0.0490. The summed E-state index contributed by atoms with van der Waals surface area (Å²) >= 11 is 1.61. The predicted molar refractivity (Wildman–Crippen MR) is 138 cm³/mol. The molecule has 5 rings (SSSR count). The van der Waals surface area contributed by atoms with Crippen molar-refractivity contribution in [1.82, 2.24) is 19.6 Å². The molecule has 0 bridgehead atoms. The highest BCUT2D eigenvalue weighted by atomic mass is 32.1. The van der Waals surface area contributed by atoms with Crippen molar-refractivity contribution in [1.29, 1.82) is 5.26 Å². The van der Waals surface area contributed by atoms with Crippen LogP contribution in [0, 0.1) is 11.3 Å². The van der Waals surface area contributed by atoms with Gasteiger partial charge in [-0.15, -0.1) is 11.3 Å². The maximum absolute atomic E-state index is 13.7. The standard InChI is InChI=1S/C28H27N5OS/c29-18-22-9-11-24(12-10-22)19-31-13-5-14-32(16-15-31)28(34)25-21-33(20-23-6-2-1-3-7-23)30-27(25)26-8-4-17-35-26/h1-4,6-12,17,21H,5,13-16,19-20H2. The van der Waals surface area contributed by atoms with Crippen LogP contribution < -0.4 is 0 Å². The number of nitrogens with zero attached hydrogens (tertiary/aromatic N) is 5. The van der Waals surface area contributed by atoms with Crippen LogP contribution in [0.15, 0.2) is 78.3 Å². The molecule has 176 valence electrons. The second-order valence-electron chi connectivity index (χ2n) is 8.78. The maximum Gasteiger partial charge on any atom is 0.257 e. The molecule has 0 radical (unpaired) electrons. The summed E-state index contributed by atoms with van der Waals surface area (Å²) in [5.41, 5.74) is 4.45. The highest BCUT2D eigenvalue weighted by Gasteiger charge is 2.25. The Kier molecular flexibility index (Phi) is 7.03. The van der Waals surface area contributed by atoms with Gasteiger partial charge in [0.05, 0.1) is 28.6 Å². The van der Waals surface area contributed by atoms with Crippen LogP contribution in [-0.2, 0) is 13.1 Å². The number of nitriles is 1. The number of rotatable bonds is 6. The van der Waals surface area contributed by atoms with Crippen LogP contribution in [0.5, 0.6) is 0 Å². The third-order valence-corrected chi connectivity index (χ3v) is 7.18. The van der Waals surface area contributed by atoms with Crippen LogP contribution in [0.25, 0.3) is 10.6 Å². The van der Waals surface area contributed by atoms with Gasteiger partial charge in [-0.2, -0.15) is 10.4 Å². The van der Waals surface area contributed by atoms with E-state index in [1.165, 1.54) is 5.56 Å². The molecule has 0 spiro atoms. The van der Waals surface area contributed by atoms with E-state index in [0.29, 0.717) is 24.2 Å². The number of carbonyl (C=O) groups is 1. The molecule has 7 heteroatoms. The molecule has 35 heavy (non-hydrogen) atoms. The van der Waals surface area contributed by atoms with Crippen molar-refractivity contribution in [2.45, 2.75) is 19.5 Å². The molecule has 0 aliphatic carbocycles. The lowest BCUT2D eigenvalue weighted by Crippen LogP contribution is -2.35. The predicted octanol–water partition coefficient (Wildman–Crippen LogP) is 4.88. The fourth-order valence-electron chi connectivity index (χ4n) is 4.47. The van der Waals surface area contributed by atoms with E-state index in [0.717, 1.165) is 48.7 Å². The highest BCUT2D eigenvalue weighted by molar-refractivity contribution is 7.13. The van der Waals surface area contributed by atoms with Gasteiger partial charge in [0, 0.05) is 38.9 Å². The summed E-state index contributed by atoms with van der Waals surface area (Å²) in [6.45, 7) is 4.63. The second kappa shape index (κ2) is 10.7. The van der Waals surface area contributed by atoms with Crippen LogP contribution in [0.4, 0.5) is 0 Å². The fraction of sp³-hybridized carbons (Fsp3) is 0.250. The average molecular weight is 482 g/mol. The SMILES string of the molecule is N#Cc1ccc(CN2CCCN(C(=O)c3cn(Cc4ccccc4)nc3-c3cccs3)CC2)cc1. The number of amides is 1. The van der Waals surface area contributed by atoms with Gasteiger partial charge in [0.1, 0.15) is 5.69 Å². The van der Waals surface area contributed by atoms with E-state index in [9.17, 15) is 4.79 Å². The van der Waals surface area contributed by atoms with Crippen molar-refractivity contribution in [2.24, 2.45) is 0 Å². The number of hydrogen-bond donors (Lipinski definition) is 0. The molecule has 1 aliphatic heterocycles. The van der Waals surface area contributed by atoms with Gasteiger partial charge in [-0.25, -0.2) is 0 Å². The molecular formula is C28H27N5OS. The van der Waals surface area contributed by atoms with Crippen LogP contribution in [0.3, 0.4) is 0 Å². The number of aromatic nitrogens is 2. The van der Waals surface area contributed by atoms with E-state index >= 15 is 0 Å². The van der Waals surface area contributed by atoms with Gasteiger partial charge in [-0.1, -0.05) is 48.5 Å². The van der Waals surface area contributed by atoms with Gasteiger partial charge in [-0.05, 0) is 41.1 Å². The molecule has 2 aromatic heterocycles. The van der Waals surface area contributed by atoms with E-state index in [1.807, 2.05) is 75.8 Å². The topological polar surface area (TPSA) is 65.2 Å². The van der Waals surface area contributed by atoms with E-state index in [4.69, 9.17) is 10.4 Å². The summed E-state index contributed by atoms with van der Waals surface area (Å²) in [6, 6.07) is 24.1. The number of carbonyl (C=O) groups excluding carboxylic acids is 1. The minimum absolute atomic E-state index is 0.0490. The average Bonchev–Trinajstić information content (AvgIpc) is 3.51. The molecule has 0 saturated carbocycles. The minimum Gasteiger partial charge on any atom is -0.337 e. The Morgan fingerprint density at radius 3 is 2.46 bits per heavy atom. The molecule has 6 nitrogen and oxygen atoms in total. The molecule has 0 N–H and O–H groups in total. The smallest absolute Gasteiger partial charge is 0.257 e. The zero-order valence-corrected chi connectivity index (χ0v) is 20.3. The summed E-state index contributed by atoms with van der Waals surface area (Å²) in [5, 5.41) is 15.9. The summed E-state index contributed by atoms with van der Waals surface area (Å²) in [5.74, 6) is 0.0490. The van der Waals surface area contributed by atoms with Gasteiger partial charge < -0.3 is 4.90 Å². The molecule has 0 unspecified atom stereocenters. The zero-order chi connectivity index (χ0) is 24.0. The van der Waals surface area contributed by atoms with Crippen LogP contribution in [-0.4, -0.2) is 51.7 Å². The first-order valence-electron chi connectivity index (χ1n) is 11.9. The summed E-state index contributed by atoms with van der Waals surface area (Å²) in [6.07, 6.45) is 2.83. The largest absolute Gasteiger partial charge is 0.337 e. The lowest BCUT2D eigenvalue weighted by atomic mass is 10.1. The van der Waals surface area contributed by atoms with Crippen LogP contribution >= 0.6 is 11.3 Å². The molecule has 1 aliphatic rings. The second-order valence-corrected chi connectivity index (χ2v) is 9.73. The van der Waals surface area contributed by atoms with Crippen molar-refractivity contribution in [2.75, 3.05) is 26.2 Å². The molecule has 0 atom stereocenters. The Bertz CT molecular complexity index is 1310. The van der Waals surface area contributed by atoms with E-state index in [1.54, 1.807) is 11.3 Å². The Morgan fingerprint density at radius 1 is 0.914 bits per heavy atom. The van der Waals surface area contributed by atoms with Gasteiger partial charge in [0.15, 0.2) is 0 Å². The lowest BCUT2D eigenvalue weighted by Gasteiger charge is -2.22.